The molecule has 120 valence electrons. The zero-order chi connectivity index (χ0) is 16.1. The predicted octanol–water partition coefficient (Wildman–Crippen LogP) is 4.15. The van der Waals surface area contributed by atoms with Gasteiger partial charge in [0.2, 0.25) is 0 Å². The Balaban J connectivity index is 1.54. The van der Waals surface area contributed by atoms with E-state index in [1.807, 2.05) is 18.2 Å². The number of hydrogen-bond acceptors (Lipinski definition) is 3. The van der Waals surface area contributed by atoms with Crippen LogP contribution < -0.4 is 0 Å². The third-order valence-electron chi connectivity index (χ3n) is 3.95. The maximum Gasteiger partial charge on any atom is 0.0572 e. The molecule has 1 fully saturated rings. The second kappa shape index (κ2) is 7.82. The van der Waals surface area contributed by atoms with E-state index >= 15 is 0 Å². The van der Waals surface area contributed by atoms with Crippen LogP contribution in [0.25, 0.3) is 0 Å². The molecule has 0 N–H and O–H groups in total. The zero-order valence-corrected chi connectivity index (χ0v) is 14.3. The highest BCUT2D eigenvalue weighted by Crippen LogP contribution is 2.22. The third-order valence-corrected chi connectivity index (χ3v) is 4.61. The van der Waals surface area contributed by atoms with E-state index < -0.39 is 0 Å². The van der Waals surface area contributed by atoms with Gasteiger partial charge in [-0.25, -0.2) is 0 Å². The second-order valence-corrected chi connectivity index (χ2v) is 6.41. The largest absolute Gasteiger partial charge is 0.295 e. The zero-order valence-electron chi connectivity index (χ0n) is 12.8. The van der Waals surface area contributed by atoms with Crippen molar-refractivity contribution in [1.29, 1.82) is 0 Å². The Labute approximate surface area is 147 Å². The molecule has 0 aromatic heterocycles. The molecule has 2 aromatic carbocycles. The summed E-state index contributed by atoms with van der Waals surface area (Å²) in [6.07, 6.45) is 1.76. The fourth-order valence-electron chi connectivity index (χ4n) is 2.63. The number of piperazine rings is 1. The number of halogens is 2. The molecule has 3 nitrogen and oxygen atoms in total. The van der Waals surface area contributed by atoms with Crippen molar-refractivity contribution in [2.75, 3.05) is 26.2 Å². The quantitative estimate of drug-likeness (QED) is 0.773. The van der Waals surface area contributed by atoms with Crippen molar-refractivity contribution in [2.24, 2.45) is 5.10 Å². The molecule has 0 unspecified atom stereocenters. The monoisotopic (exact) mass is 347 g/mol. The van der Waals surface area contributed by atoms with Gasteiger partial charge in [-0.05, 0) is 17.7 Å². The molecule has 1 aliphatic rings. The second-order valence-electron chi connectivity index (χ2n) is 5.60. The fraction of sp³-hybridized carbons (Fsp3) is 0.278. The maximum atomic E-state index is 6.16. The van der Waals surface area contributed by atoms with E-state index in [1.165, 1.54) is 5.56 Å². The average molecular weight is 348 g/mol. The number of hydrazone groups is 1. The summed E-state index contributed by atoms with van der Waals surface area (Å²) < 4.78 is 0. The molecular formula is C18H19Cl2N3. The Morgan fingerprint density at radius 1 is 0.870 bits per heavy atom. The van der Waals surface area contributed by atoms with Crippen LogP contribution in [0.15, 0.2) is 53.6 Å². The van der Waals surface area contributed by atoms with E-state index in [0.29, 0.717) is 10.0 Å². The van der Waals surface area contributed by atoms with Crippen LogP contribution in [0.3, 0.4) is 0 Å². The molecule has 1 aliphatic heterocycles. The minimum absolute atomic E-state index is 0.629. The Kier molecular flexibility index (Phi) is 5.55. The van der Waals surface area contributed by atoms with Gasteiger partial charge in [-0.15, -0.1) is 0 Å². The van der Waals surface area contributed by atoms with E-state index in [1.54, 1.807) is 6.21 Å². The first kappa shape index (κ1) is 16.3. The Hall–Kier alpha value is -1.55. The molecule has 3 rings (SSSR count). The summed E-state index contributed by atoms with van der Waals surface area (Å²) in [4.78, 5) is 2.45. The molecule has 0 bridgehead atoms. The summed E-state index contributed by atoms with van der Waals surface area (Å²) in [5.74, 6) is 0. The maximum absolute atomic E-state index is 6.16. The van der Waals surface area contributed by atoms with Crippen molar-refractivity contribution < 1.29 is 0 Å². The minimum atomic E-state index is 0.629. The highest BCUT2D eigenvalue weighted by molar-refractivity contribution is 6.38. The summed E-state index contributed by atoms with van der Waals surface area (Å²) in [6, 6.07) is 16.1. The van der Waals surface area contributed by atoms with Crippen LogP contribution in [-0.4, -0.2) is 42.3 Å². The van der Waals surface area contributed by atoms with Gasteiger partial charge >= 0.3 is 0 Å². The van der Waals surface area contributed by atoms with Crippen LogP contribution >= 0.6 is 23.2 Å². The SMILES string of the molecule is Clc1cccc(Cl)c1C=NN1CCN(Cc2ccccc2)CC1. The molecule has 1 saturated heterocycles. The van der Waals surface area contributed by atoms with Crippen molar-refractivity contribution in [1.82, 2.24) is 9.91 Å². The average Bonchev–Trinajstić information content (AvgIpc) is 2.57. The molecule has 0 saturated carbocycles. The van der Waals surface area contributed by atoms with Crippen LogP contribution in [-0.2, 0) is 6.54 Å². The van der Waals surface area contributed by atoms with Gasteiger partial charge in [0.15, 0.2) is 0 Å². The van der Waals surface area contributed by atoms with Crippen LogP contribution in [0.5, 0.6) is 0 Å². The summed E-state index contributed by atoms with van der Waals surface area (Å²) in [6.45, 7) is 4.82. The highest BCUT2D eigenvalue weighted by Gasteiger charge is 2.15. The molecule has 2 aromatic rings. The van der Waals surface area contributed by atoms with Crippen molar-refractivity contribution in [3.63, 3.8) is 0 Å². The predicted molar refractivity (Wildman–Crippen MR) is 97.3 cm³/mol. The van der Waals surface area contributed by atoms with Gasteiger partial charge < -0.3 is 0 Å². The normalized spacial score (nSPS) is 16.2. The van der Waals surface area contributed by atoms with Gasteiger partial charge in [0, 0.05) is 38.3 Å². The molecule has 0 radical (unpaired) electrons. The first-order valence-corrected chi connectivity index (χ1v) is 8.47. The minimum Gasteiger partial charge on any atom is -0.295 e. The highest BCUT2D eigenvalue weighted by atomic mass is 35.5. The third kappa shape index (κ3) is 4.47. The van der Waals surface area contributed by atoms with Gasteiger partial charge in [-0.2, -0.15) is 5.10 Å². The first-order valence-electron chi connectivity index (χ1n) is 7.71. The lowest BCUT2D eigenvalue weighted by Crippen LogP contribution is -2.43. The lowest BCUT2D eigenvalue weighted by molar-refractivity contribution is 0.131. The summed E-state index contributed by atoms with van der Waals surface area (Å²) in [5.41, 5.74) is 2.13. The number of rotatable bonds is 4. The lowest BCUT2D eigenvalue weighted by atomic mass is 10.2. The summed E-state index contributed by atoms with van der Waals surface area (Å²) >= 11 is 12.3. The van der Waals surface area contributed by atoms with Crippen LogP contribution in [0.4, 0.5) is 0 Å². The van der Waals surface area contributed by atoms with E-state index in [-0.39, 0.29) is 0 Å². The standard InChI is InChI=1S/C18H19Cl2N3/c19-17-7-4-8-18(20)16(17)13-21-23-11-9-22(10-12-23)14-15-5-2-1-3-6-15/h1-8,13H,9-12,14H2. The summed E-state index contributed by atoms with van der Waals surface area (Å²) in [7, 11) is 0. The van der Waals surface area contributed by atoms with Gasteiger partial charge in [-0.3, -0.25) is 9.91 Å². The van der Waals surface area contributed by atoms with E-state index in [9.17, 15) is 0 Å². The Bertz CT molecular complexity index is 645. The van der Waals surface area contributed by atoms with Crippen molar-refractivity contribution >= 4 is 29.4 Å². The van der Waals surface area contributed by atoms with Gasteiger partial charge in [-0.1, -0.05) is 59.6 Å². The molecule has 0 aliphatic carbocycles. The van der Waals surface area contributed by atoms with E-state index in [4.69, 9.17) is 23.2 Å². The van der Waals surface area contributed by atoms with Gasteiger partial charge in [0.05, 0.1) is 16.3 Å². The Morgan fingerprint density at radius 3 is 2.17 bits per heavy atom. The smallest absolute Gasteiger partial charge is 0.0572 e. The van der Waals surface area contributed by atoms with Crippen molar-refractivity contribution in [2.45, 2.75) is 6.54 Å². The van der Waals surface area contributed by atoms with E-state index in [2.05, 4.69) is 45.3 Å². The molecule has 0 spiro atoms. The molecular weight excluding hydrogens is 329 g/mol. The fourth-order valence-corrected chi connectivity index (χ4v) is 3.12. The molecule has 1 heterocycles. The number of hydrogen-bond donors (Lipinski definition) is 0. The molecule has 0 atom stereocenters. The van der Waals surface area contributed by atoms with Crippen LogP contribution in [0.1, 0.15) is 11.1 Å². The van der Waals surface area contributed by atoms with Crippen LogP contribution in [0, 0.1) is 0 Å². The first-order chi connectivity index (χ1) is 11.2. The topological polar surface area (TPSA) is 18.8 Å². The lowest BCUT2D eigenvalue weighted by Gasteiger charge is -2.33. The van der Waals surface area contributed by atoms with Gasteiger partial charge in [0.1, 0.15) is 0 Å². The Morgan fingerprint density at radius 2 is 1.52 bits per heavy atom. The van der Waals surface area contributed by atoms with Crippen molar-refractivity contribution in [3.8, 4) is 0 Å². The van der Waals surface area contributed by atoms with Crippen LogP contribution in [0.2, 0.25) is 10.0 Å². The number of benzene rings is 2. The van der Waals surface area contributed by atoms with Gasteiger partial charge in [0.25, 0.3) is 0 Å². The molecule has 23 heavy (non-hydrogen) atoms. The summed E-state index contributed by atoms with van der Waals surface area (Å²) in [5, 5.41) is 7.86. The van der Waals surface area contributed by atoms with Crippen molar-refractivity contribution in [3.05, 3.63) is 69.7 Å². The molecule has 5 heteroatoms. The molecule has 0 amide bonds. The number of nitrogens with zero attached hydrogens (tertiary/aromatic N) is 3. The van der Waals surface area contributed by atoms with E-state index in [0.717, 1.165) is 38.3 Å².